The van der Waals surface area contributed by atoms with Gasteiger partial charge in [-0.25, -0.2) is 0 Å². The van der Waals surface area contributed by atoms with Crippen molar-refractivity contribution >= 4 is 5.97 Å². The van der Waals surface area contributed by atoms with E-state index in [2.05, 4.69) is 4.74 Å². The Morgan fingerprint density at radius 3 is 2.92 bits per heavy atom. The molecule has 0 N–H and O–H groups in total. The molecule has 0 aromatic rings. The Labute approximate surface area is 72.2 Å². The van der Waals surface area contributed by atoms with Gasteiger partial charge in [0.05, 0.1) is 13.0 Å². The number of allylic oxidation sites excluding steroid dienone is 4. The van der Waals surface area contributed by atoms with E-state index in [1.807, 2.05) is 37.3 Å². The van der Waals surface area contributed by atoms with Gasteiger partial charge in [0.2, 0.25) is 0 Å². The Morgan fingerprint density at radius 1 is 1.50 bits per heavy atom. The van der Waals surface area contributed by atoms with Crippen molar-refractivity contribution < 1.29 is 9.53 Å². The van der Waals surface area contributed by atoms with E-state index < -0.39 is 0 Å². The highest BCUT2D eigenvalue weighted by Gasteiger charge is 2.12. The quantitative estimate of drug-likeness (QED) is 0.553. The van der Waals surface area contributed by atoms with E-state index in [0.29, 0.717) is 0 Å². The maximum absolute atomic E-state index is 11.1. The van der Waals surface area contributed by atoms with Crippen molar-refractivity contribution in [2.75, 3.05) is 7.11 Å². The third kappa shape index (κ3) is 2.09. The standard InChI is InChI=1S/C10H12O2/c1-8-5-3-4-6-9(7-8)10(11)12-2/h3-7,9H,1-2H3. The first-order valence-corrected chi connectivity index (χ1v) is 3.85. The van der Waals surface area contributed by atoms with Crippen LogP contribution in [0, 0.1) is 5.92 Å². The fourth-order valence-corrected chi connectivity index (χ4v) is 1.07. The molecule has 0 radical (unpaired) electrons. The molecule has 1 aliphatic rings. The van der Waals surface area contributed by atoms with Gasteiger partial charge in [0.25, 0.3) is 0 Å². The van der Waals surface area contributed by atoms with E-state index in [9.17, 15) is 4.79 Å². The summed E-state index contributed by atoms with van der Waals surface area (Å²) in [6.45, 7) is 1.96. The summed E-state index contributed by atoms with van der Waals surface area (Å²) < 4.78 is 4.63. The van der Waals surface area contributed by atoms with Gasteiger partial charge in [0.1, 0.15) is 0 Å². The molecule has 0 spiro atoms. The molecule has 0 saturated carbocycles. The smallest absolute Gasteiger partial charge is 0.316 e. The van der Waals surface area contributed by atoms with Crippen LogP contribution >= 0.6 is 0 Å². The lowest BCUT2D eigenvalue weighted by atomic mass is 10.1. The van der Waals surface area contributed by atoms with Gasteiger partial charge in [0, 0.05) is 0 Å². The Kier molecular flexibility index (Phi) is 2.86. The second-order valence-electron chi connectivity index (χ2n) is 2.70. The van der Waals surface area contributed by atoms with Gasteiger partial charge < -0.3 is 4.74 Å². The van der Waals surface area contributed by atoms with Gasteiger partial charge in [0.15, 0.2) is 0 Å². The first-order valence-electron chi connectivity index (χ1n) is 3.85. The third-order valence-electron chi connectivity index (χ3n) is 1.70. The summed E-state index contributed by atoms with van der Waals surface area (Å²) in [6.07, 6.45) is 9.42. The van der Waals surface area contributed by atoms with E-state index in [4.69, 9.17) is 0 Å². The van der Waals surface area contributed by atoms with Crippen molar-refractivity contribution in [2.45, 2.75) is 6.92 Å². The van der Waals surface area contributed by atoms with Gasteiger partial charge in [-0.15, -0.1) is 0 Å². The van der Waals surface area contributed by atoms with Crippen molar-refractivity contribution in [1.82, 2.24) is 0 Å². The van der Waals surface area contributed by atoms with Crippen LogP contribution in [0.2, 0.25) is 0 Å². The third-order valence-corrected chi connectivity index (χ3v) is 1.70. The zero-order valence-electron chi connectivity index (χ0n) is 7.28. The predicted molar refractivity (Wildman–Crippen MR) is 47.5 cm³/mol. The van der Waals surface area contributed by atoms with Crippen LogP contribution in [0.15, 0.2) is 36.0 Å². The van der Waals surface area contributed by atoms with Crippen LogP contribution in [0.3, 0.4) is 0 Å². The van der Waals surface area contributed by atoms with Crippen LogP contribution in [-0.4, -0.2) is 13.1 Å². The maximum Gasteiger partial charge on any atom is 0.316 e. The van der Waals surface area contributed by atoms with Crippen LogP contribution in [0.1, 0.15) is 6.92 Å². The molecule has 0 aliphatic heterocycles. The molecule has 0 amide bonds. The van der Waals surface area contributed by atoms with Crippen LogP contribution < -0.4 is 0 Å². The highest BCUT2D eigenvalue weighted by atomic mass is 16.5. The summed E-state index contributed by atoms with van der Waals surface area (Å²) in [6, 6.07) is 0. The van der Waals surface area contributed by atoms with Crippen molar-refractivity contribution in [1.29, 1.82) is 0 Å². The van der Waals surface area contributed by atoms with Crippen LogP contribution in [-0.2, 0) is 9.53 Å². The highest BCUT2D eigenvalue weighted by molar-refractivity contribution is 5.77. The molecule has 1 rings (SSSR count). The van der Waals surface area contributed by atoms with E-state index in [1.54, 1.807) is 0 Å². The Hall–Kier alpha value is -1.31. The molecular formula is C10H12O2. The first-order chi connectivity index (χ1) is 5.74. The minimum absolute atomic E-state index is 0.214. The second-order valence-corrected chi connectivity index (χ2v) is 2.70. The number of hydrogen-bond donors (Lipinski definition) is 0. The lowest BCUT2D eigenvalue weighted by Crippen LogP contribution is -2.11. The highest BCUT2D eigenvalue weighted by Crippen LogP contribution is 2.11. The molecule has 1 aliphatic carbocycles. The summed E-state index contributed by atoms with van der Waals surface area (Å²) in [5.41, 5.74) is 1.08. The van der Waals surface area contributed by atoms with Crippen molar-refractivity contribution in [3.63, 3.8) is 0 Å². The maximum atomic E-state index is 11.1. The average molecular weight is 164 g/mol. The zero-order valence-corrected chi connectivity index (χ0v) is 7.28. The van der Waals surface area contributed by atoms with Crippen LogP contribution in [0.25, 0.3) is 0 Å². The van der Waals surface area contributed by atoms with E-state index in [0.717, 1.165) is 5.57 Å². The molecule has 1 unspecified atom stereocenters. The van der Waals surface area contributed by atoms with E-state index in [1.165, 1.54) is 7.11 Å². The fourth-order valence-electron chi connectivity index (χ4n) is 1.07. The molecule has 0 heterocycles. The number of carbonyl (C=O) groups excluding carboxylic acids is 1. The molecule has 12 heavy (non-hydrogen) atoms. The summed E-state index contributed by atoms with van der Waals surface area (Å²) in [5, 5.41) is 0. The largest absolute Gasteiger partial charge is 0.468 e. The van der Waals surface area contributed by atoms with E-state index in [-0.39, 0.29) is 11.9 Å². The van der Waals surface area contributed by atoms with Crippen LogP contribution in [0.5, 0.6) is 0 Å². The lowest BCUT2D eigenvalue weighted by molar-refractivity contribution is -0.142. The second kappa shape index (κ2) is 3.90. The SMILES string of the molecule is COC(=O)C1C=CC=CC(C)=C1. The number of hydrogen-bond acceptors (Lipinski definition) is 2. The number of ether oxygens (including phenoxy) is 1. The summed E-state index contributed by atoms with van der Waals surface area (Å²) in [4.78, 5) is 11.1. The molecule has 0 saturated heterocycles. The Balaban J connectivity index is 2.79. The summed E-state index contributed by atoms with van der Waals surface area (Å²) >= 11 is 0. The number of rotatable bonds is 1. The number of esters is 1. The number of methoxy groups -OCH3 is 1. The zero-order chi connectivity index (χ0) is 8.97. The minimum atomic E-state index is -0.231. The van der Waals surface area contributed by atoms with Gasteiger partial charge in [-0.2, -0.15) is 0 Å². The van der Waals surface area contributed by atoms with E-state index >= 15 is 0 Å². The molecule has 1 atom stereocenters. The molecule has 0 fully saturated rings. The minimum Gasteiger partial charge on any atom is -0.468 e. The summed E-state index contributed by atoms with van der Waals surface area (Å²) in [5.74, 6) is -0.445. The number of carbonyl (C=O) groups is 1. The van der Waals surface area contributed by atoms with Gasteiger partial charge in [-0.3, -0.25) is 4.79 Å². The molecular weight excluding hydrogens is 152 g/mol. The molecule has 2 nitrogen and oxygen atoms in total. The van der Waals surface area contributed by atoms with Crippen molar-refractivity contribution in [3.8, 4) is 0 Å². The van der Waals surface area contributed by atoms with Crippen molar-refractivity contribution in [3.05, 3.63) is 36.0 Å². The summed E-state index contributed by atoms with van der Waals surface area (Å²) in [7, 11) is 1.40. The molecule has 0 bridgehead atoms. The fraction of sp³-hybridized carbons (Fsp3) is 0.300. The van der Waals surface area contributed by atoms with Gasteiger partial charge in [-0.1, -0.05) is 36.0 Å². The topological polar surface area (TPSA) is 26.3 Å². The first kappa shape index (κ1) is 8.78. The molecule has 2 heteroatoms. The normalized spacial score (nSPS) is 21.5. The van der Waals surface area contributed by atoms with Crippen molar-refractivity contribution in [2.24, 2.45) is 5.92 Å². The van der Waals surface area contributed by atoms with Crippen LogP contribution in [0.4, 0.5) is 0 Å². The molecule has 0 aromatic carbocycles. The molecule has 64 valence electrons. The monoisotopic (exact) mass is 164 g/mol. The predicted octanol–water partition coefficient (Wildman–Crippen LogP) is 1.85. The Bertz CT molecular complexity index is 259. The van der Waals surface area contributed by atoms with Gasteiger partial charge in [-0.05, 0) is 6.92 Å². The molecule has 0 aromatic heterocycles. The van der Waals surface area contributed by atoms with Gasteiger partial charge >= 0.3 is 5.97 Å². The lowest BCUT2D eigenvalue weighted by Gasteiger charge is -2.04. The Morgan fingerprint density at radius 2 is 2.25 bits per heavy atom. The average Bonchev–Trinajstić information content (AvgIpc) is 2.28.